The van der Waals surface area contributed by atoms with Gasteiger partial charge in [-0.25, -0.2) is 8.42 Å². The number of anilines is 1. The van der Waals surface area contributed by atoms with Gasteiger partial charge >= 0.3 is 0 Å². The van der Waals surface area contributed by atoms with Gasteiger partial charge in [-0.1, -0.05) is 15.9 Å². The van der Waals surface area contributed by atoms with Gasteiger partial charge in [0.05, 0.1) is 10.6 Å². The minimum atomic E-state index is -3.27. The summed E-state index contributed by atoms with van der Waals surface area (Å²) in [7, 11) is -3.27. The summed E-state index contributed by atoms with van der Waals surface area (Å²) in [6, 6.07) is 14.0. The van der Waals surface area contributed by atoms with Crippen molar-refractivity contribution in [2.45, 2.75) is 16.7 Å². The highest BCUT2D eigenvalue weighted by Crippen LogP contribution is 2.22. The van der Waals surface area contributed by atoms with Gasteiger partial charge in [0.15, 0.2) is 9.84 Å². The molecule has 0 aliphatic heterocycles. The quantitative estimate of drug-likeness (QED) is 0.727. The lowest BCUT2D eigenvalue weighted by molar-refractivity contribution is -0.114. The molecule has 0 aromatic heterocycles. The molecule has 2 aromatic rings. The zero-order valence-electron chi connectivity index (χ0n) is 12.5. The number of rotatable bonds is 6. The summed E-state index contributed by atoms with van der Waals surface area (Å²) < 4.78 is 25.3. The summed E-state index contributed by atoms with van der Waals surface area (Å²) in [4.78, 5) is 12.2. The van der Waals surface area contributed by atoms with Gasteiger partial charge in [-0.2, -0.15) is 0 Å². The van der Waals surface area contributed by atoms with Gasteiger partial charge in [-0.3, -0.25) is 4.79 Å². The van der Waals surface area contributed by atoms with Crippen LogP contribution in [0.15, 0.2) is 62.8 Å². The molecule has 0 aliphatic rings. The first-order valence-electron chi connectivity index (χ1n) is 6.85. The number of sulfone groups is 1. The highest BCUT2D eigenvalue weighted by Gasteiger charge is 2.14. The Morgan fingerprint density at radius 1 is 1.09 bits per heavy atom. The van der Waals surface area contributed by atoms with E-state index >= 15 is 0 Å². The molecule has 0 aliphatic carbocycles. The van der Waals surface area contributed by atoms with Crippen LogP contribution >= 0.6 is 27.7 Å². The van der Waals surface area contributed by atoms with Crippen LogP contribution in [-0.2, 0) is 14.6 Å². The van der Waals surface area contributed by atoms with E-state index < -0.39 is 9.84 Å². The largest absolute Gasteiger partial charge is 0.326 e. The van der Waals surface area contributed by atoms with E-state index in [1.54, 1.807) is 36.4 Å². The molecular formula is C16H16BrNO3S2. The number of hydrogen-bond acceptors (Lipinski definition) is 4. The maximum absolute atomic E-state index is 12.2. The molecule has 4 nitrogen and oxygen atoms in total. The molecule has 1 amide bonds. The van der Waals surface area contributed by atoms with Crippen molar-refractivity contribution in [3.05, 3.63) is 53.0 Å². The van der Waals surface area contributed by atoms with Crippen molar-refractivity contribution in [1.29, 1.82) is 0 Å². The van der Waals surface area contributed by atoms with Crippen molar-refractivity contribution < 1.29 is 13.2 Å². The van der Waals surface area contributed by atoms with Crippen LogP contribution in [0.25, 0.3) is 0 Å². The molecule has 1 N–H and O–H groups in total. The minimum absolute atomic E-state index is 0.0761. The lowest BCUT2D eigenvalue weighted by Gasteiger charge is -2.06. The number of hydrogen-bond donors (Lipinski definition) is 1. The first-order chi connectivity index (χ1) is 10.9. The van der Waals surface area contributed by atoms with E-state index in [4.69, 9.17) is 0 Å². The third-order valence-corrected chi connectivity index (χ3v) is 6.50. The predicted molar refractivity (Wildman–Crippen MR) is 97.7 cm³/mol. The standard InChI is InChI=1S/C16H16BrNO3S2/c1-12(19)18-14-4-6-15(7-5-14)22-10-11-23(20,21)16-8-2-13(17)3-9-16/h2-9H,10-11H2,1H3,(H,18,19). The molecule has 2 aromatic carbocycles. The Morgan fingerprint density at radius 3 is 2.26 bits per heavy atom. The molecule has 0 fully saturated rings. The van der Waals surface area contributed by atoms with Crippen LogP contribution < -0.4 is 5.32 Å². The van der Waals surface area contributed by atoms with E-state index in [0.717, 1.165) is 15.1 Å². The van der Waals surface area contributed by atoms with Crippen molar-refractivity contribution in [3.63, 3.8) is 0 Å². The van der Waals surface area contributed by atoms with Crippen LogP contribution in [0, 0.1) is 0 Å². The fourth-order valence-corrected chi connectivity index (χ4v) is 4.69. The maximum Gasteiger partial charge on any atom is 0.221 e. The Morgan fingerprint density at radius 2 is 1.70 bits per heavy atom. The van der Waals surface area contributed by atoms with E-state index in [-0.39, 0.29) is 11.7 Å². The fraction of sp³-hybridized carbons (Fsp3) is 0.188. The van der Waals surface area contributed by atoms with Crippen LogP contribution in [0.4, 0.5) is 5.69 Å². The van der Waals surface area contributed by atoms with E-state index in [1.807, 2.05) is 12.1 Å². The number of amides is 1. The summed E-state index contributed by atoms with van der Waals surface area (Å²) in [5, 5.41) is 2.69. The average Bonchev–Trinajstić information content (AvgIpc) is 2.49. The summed E-state index contributed by atoms with van der Waals surface area (Å²) in [6.07, 6.45) is 0. The van der Waals surface area contributed by atoms with Gasteiger partial charge in [-0.05, 0) is 48.5 Å². The molecule has 7 heteroatoms. The number of nitrogens with one attached hydrogen (secondary N) is 1. The summed E-state index contributed by atoms with van der Waals surface area (Å²) >= 11 is 4.76. The van der Waals surface area contributed by atoms with Gasteiger partial charge in [0.2, 0.25) is 5.91 Å². The zero-order valence-corrected chi connectivity index (χ0v) is 15.7. The second-order valence-corrected chi connectivity index (χ2v) is 9.02. The van der Waals surface area contributed by atoms with Crippen molar-refractivity contribution >= 4 is 49.1 Å². The van der Waals surface area contributed by atoms with Crippen LogP contribution in [0.3, 0.4) is 0 Å². The van der Waals surface area contributed by atoms with E-state index in [9.17, 15) is 13.2 Å². The Balaban J connectivity index is 1.91. The molecule has 2 rings (SSSR count). The van der Waals surface area contributed by atoms with Crippen molar-refractivity contribution in [2.24, 2.45) is 0 Å². The number of halogens is 1. The average molecular weight is 414 g/mol. The lowest BCUT2D eigenvalue weighted by atomic mass is 10.3. The van der Waals surface area contributed by atoms with Gasteiger partial charge in [0, 0.05) is 27.7 Å². The second kappa shape index (κ2) is 7.99. The first kappa shape index (κ1) is 18.0. The lowest BCUT2D eigenvalue weighted by Crippen LogP contribution is -2.08. The molecule has 23 heavy (non-hydrogen) atoms. The number of carbonyl (C=O) groups excluding carboxylic acids is 1. The molecule has 0 spiro atoms. The normalized spacial score (nSPS) is 11.2. The molecule has 122 valence electrons. The minimum Gasteiger partial charge on any atom is -0.326 e. The van der Waals surface area contributed by atoms with E-state index in [2.05, 4.69) is 21.2 Å². The maximum atomic E-state index is 12.2. The van der Waals surface area contributed by atoms with Crippen LogP contribution in [0.1, 0.15) is 6.92 Å². The second-order valence-electron chi connectivity index (χ2n) is 4.83. The van der Waals surface area contributed by atoms with Crippen molar-refractivity contribution in [2.75, 3.05) is 16.8 Å². The highest BCUT2D eigenvalue weighted by molar-refractivity contribution is 9.10. The van der Waals surface area contributed by atoms with E-state index in [0.29, 0.717) is 10.6 Å². The monoisotopic (exact) mass is 413 g/mol. The number of benzene rings is 2. The van der Waals surface area contributed by atoms with Gasteiger partial charge < -0.3 is 5.32 Å². The van der Waals surface area contributed by atoms with E-state index in [1.165, 1.54) is 18.7 Å². The molecule has 0 saturated carbocycles. The SMILES string of the molecule is CC(=O)Nc1ccc(SCCS(=O)(=O)c2ccc(Br)cc2)cc1. The molecule has 0 bridgehead atoms. The van der Waals surface area contributed by atoms with Gasteiger partial charge in [-0.15, -0.1) is 11.8 Å². The summed E-state index contributed by atoms with van der Waals surface area (Å²) in [5.41, 5.74) is 0.726. The molecule has 0 heterocycles. The predicted octanol–water partition coefficient (Wildman–Crippen LogP) is 3.97. The van der Waals surface area contributed by atoms with Crippen LogP contribution in [-0.4, -0.2) is 25.8 Å². The number of carbonyl (C=O) groups is 1. The number of thioether (sulfide) groups is 1. The molecule has 0 radical (unpaired) electrons. The molecular weight excluding hydrogens is 398 g/mol. The Bertz CT molecular complexity index is 772. The Labute approximate surface area is 148 Å². The van der Waals surface area contributed by atoms with Crippen LogP contribution in [0.2, 0.25) is 0 Å². The van der Waals surface area contributed by atoms with Gasteiger partial charge in [0.25, 0.3) is 0 Å². The molecule has 0 saturated heterocycles. The zero-order chi connectivity index (χ0) is 16.9. The van der Waals surface area contributed by atoms with Crippen molar-refractivity contribution in [3.8, 4) is 0 Å². The topological polar surface area (TPSA) is 63.2 Å². The molecule has 0 atom stereocenters. The van der Waals surface area contributed by atoms with Crippen LogP contribution in [0.5, 0.6) is 0 Å². The fourth-order valence-electron chi connectivity index (χ4n) is 1.87. The van der Waals surface area contributed by atoms with Gasteiger partial charge in [0.1, 0.15) is 0 Å². The Hall–Kier alpha value is -1.31. The van der Waals surface area contributed by atoms with Crippen molar-refractivity contribution in [1.82, 2.24) is 0 Å². The smallest absolute Gasteiger partial charge is 0.221 e. The summed E-state index contributed by atoms with van der Waals surface area (Å²) in [6.45, 7) is 1.45. The highest BCUT2D eigenvalue weighted by atomic mass is 79.9. The third-order valence-electron chi connectivity index (χ3n) is 2.97. The third kappa shape index (κ3) is 5.67. The Kier molecular flexibility index (Phi) is 6.26. The first-order valence-corrected chi connectivity index (χ1v) is 10.3. The summed E-state index contributed by atoms with van der Waals surface area (Å²) in [5.74, 6) is 0.427. The molecule has 0 unspecified atom stereocenters.